The molecule has 0 bridgehead atoms. The van der Waals surface area contributed by atoms with E-state index >= 15 is 0 Å². The number of unbranched alkanes of at least 4 members (excludes halogenated alkanes) is 1. The van der Waals surface area contributed by atoms with Gasteiger partial charge in [-0.05, 0) is 49.0 Å². The molecule has 0 saturated heterocycles. The van der Waals surface area contributed by atoms with E-state index in [1.165, 1.54) is 6.07 Å². The van der Waals surface area contributed by atoms with Crippen molar-refractivity contribution in [3.8, 4) is 0 Å². The van der Waals surface area contributed by atoms with Gasteiger partial charge in [0, 0.05) is 29.6 Å². The molecule has 180 valence electrons. The zero-order chi connectivity index (χ0) is 24.5. The van der Waals surface area contributed by atoms with Crippen molar-refractivity contribution in [1.29, 1.82) is 0 Å². The molecule has 11 heteroatoms. The topological polar surface area (TPSA) is 163 Å². The molecule has 6 N–H and O–H groups in total. The Morgan fingerprint density at radius 2 is 1.85 bits per heavy atom. The number of amides is 1. The minimum atomic E-state index is -1.15. The highest BCUT2D eigenvalue weighted by Crippen LogP contribution is 2.27. The van der Waals surface area contributed by atoms with Crippen LogP contribution in [0.1, 0.15) is 24.8 Å². The molecule has 2 atom stereocenters. The van der Waals surface area contributed by atoms with Gasteiger partial charge >= 0.3 is 5.97 Å². The first-order chi connectivity index (χ1) is 16.4. The number of rotatable bonds is 13. The van der Waals surface area contributed by atoms with Crippen LogP contribution < -0.4 is 15.8 Å². The third-order valence-electron chi connectivity index (χ3n) is 5.35. The summed E-state index contributed by atoms with van der Waals surface area (Å²) in [6.07, 6.45) is 3.58. The summed E-state index contributed by atoms with van der Waals surface area (Å²) < 4.78 is 2.98. The number of nitrogens with zero attached hydrogens (tertiary/aromatic N) is 1. The van der Waals surface area contributed by atoms with Crippen molar-refractivity contribution in [1.82, 2.24) is 15.0 Å². The smallest absolute Gasteiger partial charge is 0.326 e. The fourth-order valence-corrected chi connectivity index (χ4v) is 4.45. The van der Waals surface area contributed by atoms with Gasteiger partial charge in [-0.25, -0.2) is 9.52 Å². The maximum atomic E-state index is 13.1. The average Bonchev–Trinajstić information content (AvgIpc) is 3.23. The van der Waals surface area contributed by atoms with Crippen LogP contribution in [0.25, 0.3) is 10.9 Å². The summed E-state index contributed by atoms with van der Waals surface area (Å²) in [4.78, 5) is 39.3. The van der Waals surface area contributed by atoms with E-state index < -0.39 is 28.9 Å². The second-order valence-electron chi connectivity index (χ2n) is 7.74. The maximum Gasteiger partial charge on any atom is 0.326 e. The molecule has 34 heavy (non-hydrogen) atoms. The summed E-state index contributed by atoms with van der Waals surface area (Å²) in [6, 6.07) is 11.8. The van der Waals surface area contributed by atoms with Crippen molar-refractivity contribution in [2.45, 2.75) is 42.7 Å². The Labute approximate surface area is 200 Å². The van der Waals surface area contributed by atoms with Gasteiger partial charge in [-0.2, -0.15) is 0 Å². The Bertz CT molecular complexity index is 1150. The number of H-pyrrole nitrogens is 1. The molecule has 10 nitrogen and oxygen atoms in total. The number of aliphatic carboxylic acids is 1. The van der Waals surface area contributed by atoms with Crippen LogP contribution in [-0.4, -0.2) is 45.5 Å². The predicted molar refractivity (Wildman–Crippen MR) is 130 cm³/mol. The van der Waals surface area contributed by atoms with Gasteiger partial charge in [0.2, 0.25) is 5.91 Å². The fourth-order valence-electron chi connectivity index (χ4n) is 3.56. The van der Waals surface area contributed by atoms with E-state index in [0.717, 1.165) is 28.4 Å². The number of carbonyl (C=O) groups is 2. The number of hydrogen-bond donors (Lipinski definition) is 5. The van der Waals surface area contributed by atoms with Gasteiger partial charge < -0.3 is 21.1 Å². The van der Waals surface area contributed by atoms with E-state index in [2.05, 4.69) is 15.0 Å². The third kappa shape index (κ3) is 6.56. The molecular formula is C23H27N5O5S. The number of nitro groups is 1. The quantitative estimate of drug-likeness (QED) is 0.107. The van der Waals surface area contributed by atoms with Gasteiger partial charge in [-0.3, -0.25) is 14.9 Å². The van der Waals surface area contributed by atoms with E-state index in [0.29, 0.717) is 30.7 Å². The Kier molecular flexibility index (Phi) is 9.02. The molecule has 1 aromatic heterocycles. The van der Waals surface area contributed by atoms with E-state index in [-0.39, 0.29) is 12.1 Å². The molecule has 0 radical (unpaired) electrons. The number of nitrogens with one attached hydrogen (secondary N) is 3. The highest BCUT2D eigenvalue weighted by atomic mass is 32.2. The van der Waals surface area contributed by atoms with Gasteiger partial charge in [0.25, 0.3) is 5.69 Å². The second-order valence-corrected chi connectivity index (χ2v) is 8.62. The van der Waals surface area contributed by atoms with Crippen LogP contribution in [0.15, 0.2) is 59.6 Å². The van der Waals surface area contributed by atoms with E-state index in [9.17, 15) is 24.8 Å². The number of aromatic amines is 1. The minimum Gasteiger partial charge on any atom is -0.480 e. The lowest BCUT2D eigenvalue weighted by Crippen LogP contribution is -2.49. The first-order valence-electron chi connectivity index (χ1n) is 10.8. The number of nitro benzene ring substituents is 1. The Morgan fingerprint density at radius 3 is 2.59 bits per heavy atom. The molecular weight excluding hydrogens is 458 g/mol. The third-order valence-corrected chi connectivity index (χ3v) is 6.32. The zero-order valence-corrected chi connectivity index (χ0v) is 19.2. The van der Waals surface area contributed by atoms with Crippen molar-refractivity contribution in [2.24, 2.45) is 5.73 Å². The van der Waals surface area contributed by atoms with Gasteiger partial charge in [-0.15, -0.1) is 0 Å². The molecule has 2 aromatic carbocycles. The van der Waals surface area contributed by atoms with E-state index in [1.807, 2.05) is 24.3 Å². The number of carbonyl (C=O) groups excluding carboxylic acids is 1. The highest BCUT2D eigenvalue weighted by Gasteiger charge is 2.27. The lowest BCUT2D eigenvalue weighted by Gasteiger charge is -2.21. The predicted octanol–water partition coefficient (Wildman–Crippen LogP) is 2.98. The van der Waals surface area contributed by atoms with Crippen LogP contribution in [0, 0.1) is 10.1 Å². The molecule has 0 aliphatic heterocycles. The molecule has 0 saturated carbocycles. The van der Waals surface area contributed by atoms with Crippen LogP contribution in [0.3, 0.4) is 0 Å². The first-order valence-corrected chi connectivity index (χ1v) is 11.7. The van der Waals surface area contributed by atoms with Gasteiger partial charge in [0.1, 0.15) is 10.9 Å². The van der Waals surface area contributed by atoms with Crippen molar-refractivity contribution in [3.63, 3.8) is 0 Å². The number of para-hydroxylation sites is 2. The van der Waals surface area contributed by atoms with Crippen LogP contribution in [0.5, 0.6) is 0 Å². The monoisotopic (exact) mass is 485 g/mol. The SMILES string of the molecule is NCCCCC(NSc1ccccc1[N+](=O)[O-])C(=O)NC(Cc1c[nH]c2ccccc12)C(=O)O. The number of nitrogens with two attached hydrogens (primary N) is 1. The second kappa shape index (κ2) is 12.2. The van der Waals surface area contributed by atoms with Crippen molar-refractivity contribution in [3.05, 3.63) is 70.4 Å². The number of carboxylic acids is 1. The lowest BCUT2D eigenvalue weighted by atomic mass is 10.0. The Hall–Kier alpha value is -3.41. The standard InChI is InChI=1S/C23H27N5O5S/c24-12-6-5-9-18(27-34-21-11-4-3-10-20(21)28(32)33)22(29)26-19(23(30)31)13-15-14-25-17-8-2-1-7-16(15)17/h1-4,7-8,10-11,14,18-19,25,27H,5-6,9,12-13,24H2,(H,26,29)(H,30,31). The van der Waals surface area contributed by atoms with E-state index in [4.69, 9.17) is 5.73 Å². The Morgan fingerprint density at radius 1 is 1.12 bits per heavy atom. The molecule has 0 aliphatic carbocycles. The maximum absolute atomic E-state index is 13.1. The molecule has 1 amide bonds. The van der Waals surface area contributed by atoms with Crippen molar-refractivity contribution < 1.29 is 19.6 Å². The average molecular weight is 486 g/mol. The summed E-state index contributed by atoms with van der Waals surface area (Å²) in [5, 5.41) is 24.6. The number of carboxylic acid groups (broad SMARTS) is 1. The number of hydrogen-bond acceptors (Lipinski definition) is 7. The highest BCUT2D eigenvalue weighted by molar-refractivity contribution is 7.97. The van der Waals surface area contributed by atoms with Gasteiger partial charge in [0.05, 0.1) is 11.0 Å². The molecule has 0 spiro atoms. The Balaban J connectivity index is 1.72. The normalized spacial score (nSPS) is 12.9. The molecule has 1 heterocycles. The summed E-state index contributed by atoms with van der Waals surface area (Å²) in [6.45, 7) is 0.462. The summed E-state index contributed by atoms with van der Waals surface area (Å²) in [5.74, 6) is -1.64. The summed E-state index contributed by atoms with van der Waals surface area (Å²) in [7, 11) is 0. The number of fused-ring (bicyclic) bond motifs is 1. The summed E-state index contributed by atoms with van der Waals surface area (Å²) in [5.41, 5.74) is 7.16. The van der Waals surface area contributed by atoms with Gasteiger partial charge in [0.15, 0.2) is 0 Å². The minimum absolute atomic E-state index is 0.0798. The van der Waals surface area contributed by atoms with Crippen molar-refractivity contribution in [2.75, 3.05) is 6.54 Å². The zero-order valence-electron chi connectivity index (χ0n) is 18.4. The summed E-state index contributed by atoms with van der Waals surface area (Å²) >= 11 is 0.976. The number of aromatic nitrogens is 1. The molecule has 2 unspecified atom stereocenters. The van der Waals surface area contributed by atoms with E-state index in [1.54, 1.807) is 24.4 Å². The van der Waals surface area contributed by atoms with Crippen LogP contribution in [-0.2, 0) is 16.0 Å². The van der Waals surface area contributed by atoms with Crippen LogP contribution in [0.4, 0.5) is 5.69 Å². The largest absolute Gasteiger partial charge is 0.480 e. The van der Waals surface area contributed by atoms with Gasteiger partial charge in [-0.1, -0.05) is 36.8 Å². The molecule has 0 aliphatic rings. The molecule has 3 aromatic rings. The molecule has 3 rings (SSSR count). The van der Waals surface area contributed by atoms with Crippen LogP contribution in [0.2, 0.25) is 0 Å². The van der Waals surface area contributed by atoms with Crippen molar-refractivity contribution >= 4 is 40.4 Å². The lowest BCUT2D eigenvalue weighted by molar-refractivity contribution is -0.387. The first kappa shape index (κ1) is 25.2. The fraction of sp³-hybridized carbons (Fsp3) is 0.304. The van der Waals surface area contributed by atoms with Crippen LogP contribution >= 0.6 is 11.9 Å². The number of benzene rings is 2. The molecule has 0 fully saturated rings.